The van der Waals surface area contributed by atoms with E-state index in [1.807, 2.05) is 0 Å². The van der Waals surface area contributed by atoms with Crippen LogP contribution in [-0.4, -0.2) is 36.3 Å². The monoisotopic (exact) mass is 455 g/mol. The lowest BCUT2D eigenvalue weighted by Gasteiger charge is -2.11. The molecule has 0 fully saturated rings. The van der Waals surface area contributed by atoms with E-state index in [0.29, 0.717) is 42.1 Å². The molecule has 0 unspecified atom stereocenters. The van der Waals surface area contributed by atoms with Gasteiger partial charge >= 0.3 is 11.1 Å². The molecule has 11 heteroatoms. The van der Waals surface area contributed by atoms with Crippen LogP contribution in [0, 0.1) is 0 Å². The van der Waals surface area contributed by atoms with Crippen LogP contribution in [0.3, 0.4) is 0 Å². The number of aryl methyl sites for hydroxylation is 1. The van der Waals surface area contributed by atoms with Gasteiger partial charge in [0.05, 0.1) is 15.9 Å². The standard InChI is InChI=1S/C21H21N5O5S/c1-2-26-17-9-8-13(11-16(17)24-20(28)21(26)29)19(27)23-14-5-3-6-15(12-14)32(30,31)25-18-7-4-10-22-18/h3,5-6,8-9,11-12H,2,4,7,10H2,1H3,(H,22,25)(H,23,27)(H,24,28). The number of benzene rings is 2. The fourth-order valence-electron chi connectivity index (χ4n) is 3.52. The average Bonchev–Trinajstić information content (AvgIpc) is 3.27. The Hall–Kier alpha value is -3.73. The summed E-state index contributed by atoms with van der Waals surface area (Å²) in [6.45, 7) is 2.65. The Bertz CT molecular complexity index is 1470. The van der Waals surface area contributed by atoms with Crippen LogP contribution < -0.4 is 21.2 Å². The molecule has 2 aromatic carbocycles. The quantitative estimate of drug-likeness (QED) is 0.499. The van der Waals surface area contributed by atoms with Gasteiger partial charge in [-0.15, -0.1) is 0 Å². The zero-order valence-corrected chi connectivity index (χ0v) is 18.0. The molecular weight excluding hydrogens is 434 g/mol. The number of nitrogens with zero attached hydrogens (tertiary/aromatic N) is 2. The van der Waals surface area contributed by atoms with Gasteiger partial charge in [0.25, 0.3) is 15.9 Å². The number of hydrogen-bond acceptors (Lipinski definition) is 6. The summed E-state index contributed by atoms with van der Waals surface area (Å²) >= 11 is 0. The highest BCUT2D eigenvalue weighted by Crippen LogP contribution is 2.18. The summed E-state index contributed by atoms with van der Waals surface area (Å²) in [5, 5.41) is 2.66. The number of aromatic amines is 1. The summed E-state index contributed by atoms with van der Waals surface area (Å²) in [5.74, 6) is -0.0696. The lowest BCUT2D eigenvalue weighted by molar-refractivity contribution is 0.102. The zero-order chi connectivity index (χ0) is 22.9. The lowest BCUT2D eigenvalue weighted by atomic mass is 10.1. The highest BCUT2D eigenvalue weighted by molar-refractivity contribution is 7.90. The summed E-state index contributed by atoms with van der Waals surface area (Å²) in [5.41, 5.74) is -0.0503. The number of carbonyl (C=O) groups excluding carboxylic acids is 1. The number of rotatable bonds is 5. The first-order valence-corrected chi connectivity index (χ1v) is 11.5. The van der Waals surface area contributed by atoms with E-state index in [-0.39, 0.29) is 10.5 Å². The normalized spacial score (nSPS) is 13.7. The first-order chi connectivity index (χ1) is 15.3. The molecule has 0 bridgehead atoms. The lowest BCUT2D eigenvalue weighted by Crippen LogP contribution is -2.36. The Morgan fingerprint density at radius 2 is 2.00 bits per heavy atom. The van der Waals surface area contributed by atoms with Crippen LogP contribution in [0.1, 0.15) is 30.1 Å². The maximum atomic E-state index is 12.7. The van der Waals surface area contributed by atoms with Gasteiger partial charge in [-0.25, -0.2) is 8.42 Å². The molecule has 3 N–H and O–H groups in total. The second-order valence-electron chi connectivity index (χ2n) is 7.25. The number of aliphatic imine (C=N–C) groups is 1. The van der Waals surface area contributed by atoms with Gasteiger partial charge < -0.3 is 14.9 Å². The van der Waals surface area contributed by atoms with Crippen molar-refractivity contribution in [2.24, 2.45) is 4.99 Å². The molecule has 1 aliphatic rings. The van der Waals surface area contributed by atoms with Crippen LogP contribution in [-0.2, 0) is 16.6 Å². The van der Waals surface area contributed by atoms with Gasteiger partial charge in [0, 0.05) is 30.8 Å². The second-order valence-corrected chi connectivity index (χ2v) is 8.94. The van der Waals surface area contributed by atoms with E-state index >= 15 is 0 Å². The minimum atomic E-state index is -3.82. The van der Waals surface area contributed by atoms with Crippen molar-refractivity contribution in [1.82, 2.24) is 14.3 Å². The van der Waals surface area contributed by atoms with Gasteiger partial charge in [0.15, 0.2) is 0 Å². The predicted molar refractivity (Wildman–Crippen MR) is 121 cm³/mol. The van der Waals surface area contributed by atoms with E-state index in [1.165, 1.54) is 34.9 Å². The molecule has 1 aromatic heterocycles. The van der Waals surface area contributed by atoms with Crippen molar-refractivity contribution in [3.05, 3.63) is 68.7 Å². The number of fused-ring (bicyclic) bond motifs is 1. The Kier molecular flexibility index (Phi) is 5.66. The number of amides is 1. The topological polar surface area (TPSA) is 142 Å². The average molecular weight is 455 g/mol. The summed E-state index contributed by atoms with van der Waals surface area (Å²) < 4.78 is 29.0. The van der Waals surface area contributed by atoms with Crippen LogP contribution >= 0.6 is 0 Å². The zero-order valence-electron chi connectivity index (χ0n) is 17.2. The minimum Gasteiger partial charge on any atom is -0.322 e. The van der Waals surface area contributed by atoms with E-state index < -0.39 is 27.0 Å². The number of anilines is 1. The molecule has 4 rings (SSSR count). The molecule has 10 nitrogen and oxygen atoms in total. The summed E-state index contributed by atoms with van der Waals surface area (Å²) in [7, 11) is -3.82. The Balaban J connectivity index is 1.60. The third kappa shape index (κ3) is 4.19. The van der Waals surface area contributed by atoms with Crippen molar-refractivity contribution < 1.29 is 13.2 Å². The molecule has 166 valence electrons. The van der Waals surface area contributed by atoms with E-state index in [0.717, 1.165) is 6.42 Å². The molecule has 0 radical (unpaired) electrons. The third-order valence-electron chi connectivity index (χ3n) is 5.08. The molecule has 3 aromatic rings. The smallest absolute Gasteiger partial charge is 0.316 e. The van der Waals surface area contributed by atoms with Crippen molar-refractivity contribution in [2.75, 3.05) is 11.9 Å². The molecule has 32 heavy (non-hydrogen) atoms. The number of carbonyl (C=O) groups is 1. The maximum Gasteiger partial charge on any atom is 0.316 e. The molecule has 2 heterocycles. The van der Waals surface area contributed by atoms with Gasteiger partial charge in [0.2, 0.25) is 0 Å². The molecule has 0 saturated carbocycles. The molecular formula is C21H21N5O5S. The van der Waals surface area contributed by atoms with E-state index in [4.69, 9.17) is 0 Å². The second kappa shape index (κ2) is 8.42. The van der Waals surface area contributed by atoms with Crippen LogP contribution in [0.25, 0.3) is 11.0 Å². The van der Waals surface area contributed by atoms with Crippen molar-refractivity contribution in [1.29, 1.82) is 0 Å². The van der Waals surface area contributed by atoms with E-state index in [1.54, 1.807) is 19.1 Å². The fourth-order valence-corrected chi connectivity index (χ4v) is 4.65. The van der Waals surface area contributed by atoms with Crippen molar-refractivity contribution in [3.63, 3.8) is 0 Å². The number of H-pyrrole nitrogens is 1. The molecule has 0 spiro atoms. The number of aromatic nitrogens is 2. The Morgan fingerprint density at radius 1 is 1.19 bits per heavy atom. The molecule has 1 aliphatic heterocycles. The first-order valence-electron chi connectivity index (χ1n) is 10.0. The molecule has 0 aliphatic carbocycles. The van der Waals surface area contributed by atoms with Crippen LogP contribution in [0.2, 0.25) is 0 Å². The molecule has 1 amide bonds. The van der Waals surface area contributed by atoms with Crippen LogP contribution in [0.15, 0.2) is 61.9 Å². The summed E-state index contributed by atoms with van der Waals surface area (Å²) in [4.78, 5) is 43.2. The summed E-state index contributed by atoms with van der Waals surface area (Å²) in [6.07, 6.45) is 1.38. The highest BCUT2D eigenvalue weighted by Gasteiger charge is 2.19. The van der Waals surface area contributed by atoms with Gasteiger partial charge in [-0.2, -0.15) is 0 Å². The van der Waals surface area contributed by atoms with Crippen molar-refractivity contribution in [3.8, 4) is 0 Å². The van der Waals surface area contributed by atoms with Crippen molar-refractivity contribution in [2.45, 2.75) is 31.2 Å². The Labute approximate surface area is 183 Å². The van der Waals surface area contributed by atoms with E-state index in [9.17, 15) is 22.8 Å². The van der Waals surface area contributed by atoms with E-state index in [2.05, 4.69) is 20.0 Å². The van der Waals surface area contributed by atoms with Crippen LogP contribution in [0.4, 0.5) is 5.69 Å². The fraction of sp³-hybridized carbons (Fsp3) is 0.238. The number of nitrogens with one attached hydrogen (secondary N) is 3. The van der Waals surface area contributed by atoms with Crippen molar-refractivity contribution >= 4 is 38.5 Å². The first kappa shape index (κ1) is 21.5. The number of amidine groups is 1. The molecule has 0 atom stereocenters. The van der Waals surface area contributed by atoms with Gasteiger partial charge in [-0.3, -0.25) is 24.1 Å². The number of hydrogen-bond donors (Lipinski definition) is 3. The van der Waals surface area contributed by atoms with Crippen LogP contribution in [0.5, 0.6) is 0 Å². The highest BCUT2D eigenvalue weighted by atomic mass is 32.2. The SMILES string of the molecule is CCn1c(=O)c(=O)[nH]c2cc(C(=O)Nc3cccc(S(=O)(=O)NC4=NCCC4)c3)ccc21. The number of sulfonamides is 1. The predicted octanol–water partition coefficient (Wildman–Crippen LogP) is 1.43. The summed E-state index contributed by atoms with van der Waals surface area (Å²) in [6, 6.07) is 10.5. The van der Waals surface area contributed by atoms with Gasteiger partial charge in [0.1, 0.15) is 5.84 Å². The largest absolute Gasteiger partial charge is 0.322 e. The molecule has 0 saturated heterocycles. The van der Waals surface area contributed by atoms with Gasteiger partial charge in [-0.05, 0) is 49.7 Å². The third-order valence-corrected chi connectivity index (χ3v) is 6.46. The Morgan fingerprint density at radius 3 is 2.72 bits per heavy atom. The minimum absolute atomic E-state index is 0.000274. The van der Waals surface area contributed by atoms with Gasteiger partial charge in [-0.1, -0.05) is 6.07 Å². The maximum absolute atomic E-state index is 12.7.